The summed E-state index contributed by atoms with van der Waals surface area (Å²) in [7, 11) is 0. The molecular formula is Au5Y. The third-order valence-electron chi connectivity index (χ3n) is 0. The predicted octanol–water partition coefficient (Wildman–Crippen LogP) is -0.0150. The van der Waals surface area contributed by atoms with Gasteiger partial charge in [0.15, 0.2) is 0 Å². The van der Waals surface area contributed by atoms with Gasteiger partial charge in [0, 0.05) is 145 Å². The van der Waals surface area contributed by atoms with E-state index in [0.29, 0.717) is 0 Å². The van der Waals surface area contributed by atoms with Gasteiger partial charge in [0.2, 0.25) is 0 Å². The largest absolute Gasteiger partial charge is 0 e. The molecule has 58 valence electrons. The Kier molecular flexibility index (Phi) is 247. The fraction of sp³-hybridized carbons (Fsp3) is 0. The summed E-state index contributed by atoms with van der Waals surface area (Å²) in [6, 6.07) is 0. The Balaban J connectivity index is 0. The quantitative estimate of drug-likeness (QED) is 0.300. The first-order chi connectivity index (χ1) is 0. The minimum atomic E-state index is 0. The third kappa shape index (κ3) is 23.2. The summed E-state index contributed by atoms with van der Waals surface area (Å²) in [5.41, 5.74) is 0. The molecule has 0 N–H and O–H groups in total. The van der Waals surface area contributed by atoms with E-state index in [1.54, 1.807) is 0 Å². The second kappa shape index (κ2) is 32.9. The van der Waals surface area contributed by atoms with Crippen molar-refractivity contribution in [3.63, 3.8) is 0 Å². The molecule has 0 aliphatic rings. The fourth-order valence-electron chi connectivity index (χ4n) is 0. The van der Waals surface area contributed by atoms with Crippen molar-refractivity contribution in [3.8, 4) is 0 Å². The maximum absolute atomic E-state index is 0. The van der Waals surface area contributed by atoms with Crippen molar-refractivity contribution in [2.45, 2.75) is 0 Å². The monoisotopic (exact) mass is 1070 g/mol. The molecule has 0 aliphatic carbocycles. The summed E-state index contributed by atoms with van der Waals surface area (Å²) in [6.45, 7) is 0. The molecule has 6 radical (unpaired) electrons. The molecule has 6 heteroatoms. The summed E-state index contributed by atoms with van der Waals surface area (Å²) in [4.78, 5) is 0. The van der Waals surface area contributed by atoms with E-state index in [1.165, 1.54) is 0 Å². The molecular weight excluding hydrogens is 1070 g/mol. The average molecular weight is 1070 g/mol. The van der Waals surface area contributed by atoms with Gasteiger partial charge in [-0.05, 0) is 0 Å². The molecule has 0 aromatic rings. The molecule has 0 aliphatic heterocycles. The summed E-state index contributed by atoms with van der Waals surface area (Å²) in [5.74, 6) is 0. The van der Waals surface area contributed by atoms with Crippen LogP contribution in [0.2, 0.25) is 0 Å². The van der Waals surface area contributed by atoms with Crippen molar-refractivity contribution in [2.75, 3.05) is 0 Å². The number of rotatable bonds is 0. The first kappa shape index (κ1) is 45.0. The van der Waals surface area contributed by atoms with Gasteiger partial charge in [-0.25, -0.2) is 0 Å². The molecule has 0 heterocycles. The maximum Gasteiger partial charge on any atom is 0 e. The van der Waals surface area contributed by atoms with E-state index < -0.39 is 0 Å². The van der Waals surface area contributed by atoms with Gasteiger partial charge in [-0.1, -0.05) is 0 Å². The maximum atomic E-state index is 0. The molecule has 0 bridgehead atoms. The number of hydrogen-bond donors (Lipinski definition) is 0. The van der Waals surface area contributed by atoms with E-state index in [-0.39, 0.29) is 145 Å². The molecule has 0 aromatic heterocycles. The van der Waals surface area contributed by atoms with Gasteiger partial charge in [-0.3, -0.25) is 0 Å². The molecule has 0 rings (SSSR count). The van der Waals surface area contributed by atoms with Crippen LogP contribution in [0.1, 0.15) is 0 Å². The van der Waals surface area contributed by atoms with Gasteiger partial charge in [0.05, 0.1) is 0 Å². The van der Waals surface area contributed by atoms with Crippen LogP contribution in [-0.2, 0) is 145 Å². The van der Waals surface area contributed by atoms with Gasteiger partial charge in [-0.2, -0.15) is 0 Å². The normalized spacial score (nSPS) is 0. The zero-order valence-corrected chi connectivity index (χ0v) is 15.8. The van der Waals surface area contributed by atoms with Gasteiger partial charge in [-0.15, -0.1) is 0 Å². The van der Waals surface area contributed by atoms with Crippen LogP contribution in [0.4, 0.5) is 0 Å². The number of hydrogen-bond acceptors (Lipinski definition) is 0. The van der Waals surface area contributed by atoms with Crippen molar-refractivity contribution in [2.24, 2.45) is 0 Å². The minimum Gasteiger partial charge on any atom is 0 e. The third-order valence-corrected chi connectivity index (χ3v) is 0. The summed E-state index contributed by atoms with van der Waals surface area (Å²) in [5, 5.41) is 0. The molecule has 0 spiro atoms. The van der Waals surface area contributed by atoms with Crippen molar-refractivity contribution < 1.29 is 145 Å². The van der Waals surface area contributed by atoms with E-state index >= 15 is 0 Å². The SMILES string of the molecule is [Au].[Au].[Au].[Au].[Au].[Y]. The van der Waals surface area contributed by atoms with E-state index in [4.69, 9.17) is 0 Å². The zero-order chi connectivity index (χ0) is 0. The van der Waals surface area contributed by atoms with Crippen molar-refractivity contribution in [1.82, 2.24) is 0 Å². The van der Waals surface area contributed by atoms with Gasteiger partial charge in [0.25, 0.3) is 0 Å². The Morgan fingerprint density at radius 3 is 0.333 bits per heavy atom. The van der Waals surface area contributed by atoms with Crippen LogP contribution < -0.4 is 0 Å². The van der Waals surface area contributed by atoms with E-state index in [2.05, 4.69) is 0 Å². The molecule has 0 saturated carbocycles. The van der Waals surface area contributed by atoms with Gasteiger partial charge in [0.1, 0.15) is 0 Å². The Morgan fingerprint density at radius 2 is 0.333 bits per heavy atom. The van der Waals surface area contributed by atoms with Crippen LogP contribution in [0.5, 0.6) is 0 Å². The van der Waals surface area contributed by atoms with Crippen molar-refractivity contribution in [3.05, 3.63) is 0 Å². The van der Waals surface area contributed by atoms with Crippen LogP contribution in [0.25, 0.3) is 0 Å². The molecule has 6 heavy (non-hydrogen) atoms. The van der Waals surface area contributed by atoms with Crippen LogP contribution in [0, 0.1) is 0 Å². The van der Waals surface area contributed by atoms with E-state index in [0.717, 1.165) is 0 Å². The Morgan fingerprint density at radius 1 is 0.333 bits per heavy atom. The first-order valence-electron chi connectivity index (χ1n) is 0. The fourth-order valence-corrected chi connectivity index (χ4v) is 0. The first-order valence-corrected chi connectivity index (χ1v) is 0. The molecule has 0 saturated heterocycles. The summed E-state index contributed by atoms with van der Waals surface area (Å²) >= 11 is 0. The van der Waals surface area contributed by atoms with Crippen LogP contribution in [0.3, 0.4) is 0 Å². The van der Waals surface area contributed by atoms with Gasteiger partial charge < -0.3 is 0 Å². The van der Waals surface area contributed by atoms with E-state index in [9.17, 15) is 0 Å². The molecule has 0 atom stereocenters. The smallest absolute Gasteiger partial charge is 0 e. The average Bonchev–Trinajstić information content (AvgIpc) is 0. The molecule has 0 fully saturated rings. The second-order valence-electron chi connectivity index (χ2n) is 0. The van der Waals surface area contributed by atoms with E-state index in [1.807, 2.05) is 0 Å². The zero-order valence-electron chi connectivity index (χ0n) is 2.08. The minimum absolute atomic E-state index is 0. The molecule has 0 aromatic carbocycles. The molecule has 0 nitrogen and oxygen atoms in total. The summed E-state index contributed by atoms with van der Waals surface area (Å²) < 4.78 is 0. The molecule has 0 amide bonds. The van der Waals surface area contributed by atoms with Crippen LogP contribution in [0.15, 0.2) is 0 Å². The predicted molar refractivity (Wildman–Crippen MR) is 0 cm³/mol. The van der Waals surface area contributed by atoms with Crippen molar-refractivity contribution >= 4 is 0 Å². The van der Waals surface area contributed by atoms with Crippen LogP contribution >= 0.6 is 0 Å². The topological polar surface area (TPSA) is 0 Å². The van der Waals surface area contributed by atoms with Gasteiger partial charge >= 0.3 is 0 Å². The standard InChI is InChI=1S/5Au.Y. The Hall–Kier alpha value is 4.81. The van der Waals surface area contributed by atoms with Crippen LogP contribution in [-0.4, -0.2) is 0 Å². The Bertz CT molecular complexity index is 3.90. The van der Waals surface area contributed by atoms with Crippen molar-refractivity contribution in [1.29, 1.82) is 0 Å². The molecule has 0 unspecified atom stereocenters. The Labute approximate surface area is 141 Å². The second-order valence-corrected chi connectivity index (χ2v) is 0. The summed E-state index contributed by atoms with van der Waals surface area (Å²) in [6.07, 6.45) is 0.